The van der Waals surface area contributed by atoms with Crippen LogP contribution in [0.2, 0.25) is 0 Å². The maximum atomic E-state index is 4.77. The summed E-state index contributed by atoms with van der Waals surface area (Å²) in [6.07, 6.45) is 7.07. The first kappa shape index (κ1) is 9.16. The maximum Gasteiger partial charge on any atom is 0.160 e. The lowest BCUT2D eigenvalue weighted by Gasteiger charge is -2.04. The van der Waals surface area contributed by atoms with Crippen molar-refractivity contribution >= 4 is 27.1 Å². The minimum absolute atomic E-state index is 0.675. The highest BCUT2D eigenvalue weighted by molar-refractivity contribution is 9.10. The molecule has 2 saturated carbocycles. The summed E-state index contributed by atoms with van der Waals surface area (Å²) in [6, 6.07) is 2.75. The quantitative estimate of drug-likeness (QED) is 0.842. The second-order valence-corrected chi connectivity index (χ2v) is 5.76. The van der Waals surface area contributed by atoms with Crippen molar-refractivity contribution in [3.8, 4) is 0 Å². The van der Waals surface area contributed by atoms with Crippen molar-refractivity contribution in [2.75, 3.05) is 0 Å². The van der Waals surface area contributed by atoms with Gasteiger partial charge in [-0.2, -0.15) is 0 Å². The van der Waals surface area contributed by atoms with Gasteiger partial charge in [0.2, 0.25) is 0 Å². The zero-order chi connectivity index (χ0) is 10.7. The molecule has 0 aliphatic heterocycles. The van der Waals surface area contributed by atoms with Crippen LogP contribution in [0.4, 0.5) is 0 Å². The lowest BCUT2D eigenvalue weighted by atomic mass is 10.4. The summed E-state index contributed by atoms with van der Waals surface area (Å²) in [5.41, 5.74) is 2.12. The van der Waals surface area contributed by atoms with Gasteiger partial charge in [0.15, 0.2) is 5.65 Å². The van der Waals surface area contributed by atoms with Gasteiger partial charge in [0, 0.05) is 22.6 Å². The first-order chi connectivity index (χ1) is 7.83. The Kier molecular flexibility index (Phi) is 1.76. The van der Waals surface area contributed by atoms with Gasteiger partial charge in [0.05, 0.1) is 0 Å². The Bertz CT molecular complexity index is 567. The first-order valence-electron chi connectivity index (χ1n) is 5.86. The molecule has 0 radical (unpaired) electrons. The summed E-state index contributed by atoms with van der Waals surface area (Å²) in [5.74, 6) is 1.98. The van der Waals surface area contributed by atoms with Crippen LogP contribution in [0.25, 0.3) is 11.2 Å². The minimum Gasteiger partial charge on any atom is -0.309 e. The second-order valence-electron chi connectivity index (χ2n) is 4.84. The number of aromatic nitrogens is 3. The Labute approximate surface area is 102 Å². The van der Waals surface area contributed by atoms with E-state index in [1.165, 1.54) is 31.5 Å². The molecule has 0 N–H and O–H groups in total. The van der Waals surface area contributed by atoms with E-state index < -0.39 is 0 Å². The number of hydrogen-bond acceptors (Lipinski definition) is 2. The SMILES string of the molecule is Brc1cnc2c(c1)nc(C1CC1)n2C1CC1. The maximum absolute atomic E-state index is 4.77. The predicted octanol–water partition coefficient (Wildman–Crippen LogP) is 3.41. The van der Waals surface area contributed by atoms with Crippen molar-refractivity contribution in [3.05, 3.63) is 22.6 Å². The molecule has 0 aromatic carbocycles. The van der Waals surface area contributed by atoms with E-state index in [0.29, 0.717) is 12.0 Å². The highest BCUT2D eigenvalue weighted by Gasteiger charge is 2.35. The van der Waals surface area contributed by atoms with Crippen LogP contribution < -0.4 is 0 Å². The van der Waals surface area contributed by atoms with Gasteiger partial charge < -0.3 is 4.57 Å². The molecule has 0 spiro atoms. The number of imidazole rings is 1. The fraction of sp³-hybridized carbons (Fsp3) is 0.500. The van der Waals surface area contributed by atoms with Gasteiger partial charge in [-0.15, -0.1) is 0 Å². The Hall–Kier alpha value is -0.900. The van der Waals surface area contributed by atoms with Crippen LogP contribution in [-0.2, 0) is 0 Å². The lowest BCUT2D eigenvalue weighted by Crippen LogP contribution is -2.00. The summed E-state index contributed by atoms with van der Waals surface area (Å²) >= 11 is 3.46. The van der Waals surface area contributed by atoms with Gasteiger partial charge >= 0.3 is 0 Å². The molecule has 2 fully saturated rings. The summed E-state index contributed by atoms with van der Waals surface area (Å²) in [5, 5.41) is 0. The van der Waals surface area contributed by atoms with Crippen molar-refractivity contribution in [2.45, 2.75) is 37.6 Å². The molecule has 0 bridgehead atoms. The number of fused-ring (bicyclic) bond motifs is 1. The van der Waals surface area contributed by atoms with E-state index in [2.05, 4.69) is 31.5 Å². The third-order valence-electron chi connectivity index (χ3n) is 3.38. The predicted molar refractivity (Wildman–Crippen MR) is 65.5 cm³/mol. The van der Waals surface area contributed by atoms with Crippen molar-refractivity contribution < 1.29 is 0 Å². The van der Waals surface area contributed by atoms with Crippen LogP contribution >= 0.6 is 15.9 Å². The molecule has 2 aliphatic rings. The molecule has 2 aromatic rings. The Balaban J connectivity index is 2.00. The van der Waals surface area contributed by atoms with Crippen molar-refractivity contribution in [2.24, 2.45) is 0 Å². The average molecular weight is 278 g/mol. The molecule has 82 valence electrons. The van der Waals surface area contributed by atoms with Crippen molar-refractivity contribution in [1.82, 2.24) is 14.5 Å². The zero-order valence-electron chi connectivity index (χ0n) is 8.86. The van der Waals surface area contributed by atoms with E-state index in [9.17, 15) is 0 Å². The second kappa shape index (κ2) is 3.06. The van der Waals surface area contributed by atoms with E-state index >= 15 is 0 Å². The molecular weight excluding hydrogens is 266 g/mol. The summed E-state index contributed by atoms with van der Waals surface area (Å²) in [4.78, 5) is 9.29. The summed E-state index contributed by atoms with van der Waals surface area (Å²) in [7, 11) is 0. The molecule has 2 aliphatic carbocycles. The third kappa shape index (κ3) is 1.32. The molecule has 2 heterocycles. The largest absolute Gasteiger partial charge is 0.309 e. The lowest BCUT2D eigenvalue weighted by molar-refractivity contribution is 0.697. The van der Waals surface area contributed by atoms with Gasteiger partial charge in [-0.3, -0.25) is 0 Å². The zero-order valence-corrected chi connectivity index (χ0v) is 10.4. The van der Waals surface area contributed by atoms with Crippen LogP contribution in [0.3, 0.4) is 0 Å². The number of halogens is 1. The minimum atomic E-state index is 0.675. The van der Waals surface area contributed by atoms with E-state index in [1.807, 2.05) is 6.20 Å². The fourth-order valence-corrected chi connectivity index (χ4v) is 2.62. The number of nitrogens with zero attached hydrogens (tertiary/aromatic N) is 3. The molecule has 2 aromatic heterocycles. The van der Waals surface area contributed by atoms with Crippen LogP contribution in [0.5, 0.6) is 0 Å². The van der Waals surface area contributed by atoms with Crippen LogP contribution in [0.15, 0.2) is 16.7 Å². The van der Waals surface area contributed by atoms with Gasteiger partial charge in [-0.1, -0.05) is 0 Å². The Morgan fingerprint density at radius 2 is 2.06 bits per heavy atom. The normalized spacial score (nSPS) is 20.6. The highest BCUT2D eigenvalue weighted by atomic mass is 79.9. The first-order valence-corrected chi connectivity index (χ1v) is 6.65. The van der Waals surface area contributed by atoms with Crippen LogP contribution in [0, 0.1) is 0 Å². The van der Waals surface area contributed by atoms with Crippen LogP contribution in [-0.4, -0.2) is 14.5 Å². The van der Waals surface area contributed by atoms with E-state index in [-0.39, 0.29) is 0 Å². The number of pyridine rings is 1. The Morgan fingerprint density at radius 3 is 2.75 bits per heavy atom. The third-order valence-corrected chi connectivity index (χ3v) is 3.81. The molecule has 0 amide bonds. The molecule has 16 heavy (non-hydrogen) atoms. The van der Waals surface area contributed by atoms with Gasteiger partial charge in [0.1, 0.15) is 11.3 Å². The van der Waals surface area contributed by atoms with Gasteiger partial charge in [-0.25, -0.2) is 9.97 Å². The van der Waals surface area contributed by atoms with E-state index in [0.717, 1.165) is 15.6 Å². The van der Waals surface area contributed by atoms with E-state index in [1.54, 1.807) is 0 Å². The molecule has 0 atom stereocenters. The summed E-state index contributed by atoms with van der Waals surface area (Å²) < 4.78 is 3.40. The average Bonchev–Trinajstić information content (AvgIpc) is 3.14. The molecule has 4 heteroatoms. The smallest absolute Gasteiger partial charge is 0.160 e. The molecular formula is C12H12BrN3. The van der Waals surface area contributed by atoms with Crippen LogP contribution in [0.1, 0.15) is 43.5 Å². The molecule has 3 nitrogen and oxygen atoms in total. The molecule has 4 rings (SSSR count). The molecule has 0 saturated heterocycles. The number of rotatable bonds is 2. The molecule has 0 unspecified atom stereocenters. The van der Waals surface area contributed by atoms with Crippen molar-refractivity contribution in [1.29, 1.82) is 0 Å². The highest BCUT2D eigenvalue weighted by Crippen LogP contribution is 2.46. The van der Waals surface area contributed by atoms with Gasteiger partial charge in [0.25, 0.3) is 0 Å². The van der Waals surface area contributed by atoms with Crippen molar-refractivity contribution in [3.63, 3.8) is 0 Å². The van der Waals surface area contributed by atoms with Gasteiger partial charge in [-0.05, 0) is 47.7 Å². The monoisotopic (exact) mass is 277 g/mol. The number of hydrogen-bond donors (Lipinski definition) is 0. The topological polar surface area (TPSA) is 30.7 Å². The fourth-order valence-electron chi connectivity index (χ4n) is 2.30. The Morgan fingerprint density at radius 1 is 1.25 bits per heavy atom. The standard InChI is InChI=1S/C12H12BrN3/c13-8-5-10-12(14-6-8)16(9-3-4-9)11(15-10)7-1-2-7/h5-7,9H,1-4H2. The summed E-state index contributed by atoms with van der Waals surface area (Å²) in [6.45, 7) is 0. The van der Waals surface area contributed by atoms with E-state index in [4.69, 9.17) is 4.98 Å².